The van der Waals surface area contributed by atoms with Gasteiger partial charge in [-0.1, -0.05) is 34.6 Å². The van der Waals surface area contributed by atoms with Crippen LogP contribution in [0.3, 0.4) is 0 Å². The van der Waals surface area contributed by atoms with Gasteiger partial charge in [0.1, 0.15) is 0 Å². The Bertz CT molecular complexity index is 150. The van der Waals surface area contributed by atoms with E-state index >= 15 is 0 Å². The van der Waals surface area contributed by atoms with Crippen molar-refractivity contribution in [1.29, 1.82) is 0 Å². The van der Waals surface area contributed by atoms with Crippen LogP contribution in [-0.4, -0.2) is 17.6 Å². The Morgan fingerprint density at radius 2 is 1.20 bits per heavy atom. The molecule has 0 heterocycles. The molecule has 3 N–H and O–H groups in total. The van der Waals surface area contributed by atoms with E-state index in [9.17, 15) is 0 Å². The number of rotatable bonds is 8. The maximum Gasteiger partial charge on any atom is 0.0275 e. The Labute approximate surface area is 96.0 Å². The highest BCUT2D eigenvalue weighted by atomic mass is 15.0. The van der Waals surface area contributed by atoms with Gasteiger partial charge in [0.05, 0.1) is 0 Å². The second kappa shape index (κ2) is 6.49. The first kappa shape index (κ1) is 14.9. The van der Waals surface area contributed by atoms with Crippen LogP contribution in [0.2, 0.25) is 0 Å². The fourth-order valence-corrected chi connectivity index (χ4v) is 1.99. The Morgan fingerprint density at radius 1 is 0.800 bits per heavy atom. The lowest BCUT2D eigenvalue weighted by Crippen LogP contribution is -2.55. The van der Waals surface area contributed by atoms with Crippen molar-refractivity contribution < 1.29 is 0 Å². The molecule has 0 rings (SSSR count). The van der Waals surface area contributed by atoms with Crippen LogP contribution in [0.25, 0.3) is 0 Å². The number of hydrogen-bond donors (Lipinski definition) is 2. The molecule has 0 bridgehead atoms. The van der Waals surface area contributed by atoms with E-state index in [0.29, 0.717) is 5.54 Å². The van der Waals surface area contributed by atoms with E-state index in [1.807, 2.05) is 0 Å². The third-order valence-electron chi connectivity index (χ3n) is 4.25. The highest BCUT2D eigenvalue weighted by molar-refractivity contribution is 4.90. The van der Waals surface area contributed by atoms with Gasteiger partial charge in [-0.2, -0.15) is 0 Å². The SMILES string of the molecule is CCC(N)(CC)CNC(CC)(CC)CC. The summed E-state index contributed by atoms with van der Waals surface area (Å²) >= 11 is 0. The van der Waals surface area contributed by atoms with E-state index < -0.39 is 0 Å². The summed E-state index contributed by atoms with van der Waals surface area (Å²) in [5.41, 5.74) is 6.58. The molecule has 2 nitrogen and oxygen atoms in total. The van der Waals surface area contributed by atoms with Crippen molar-refractivity contribution in [2.24, 2.45) is 5.73 Å². The first-order valence-electron chi connectivity index (χ1n) is 6.55. The minimum atomic E-state index is -0.0231. The van der Waals surface area contributed by atoms with Crippen LogP contribution in [0.1, 0.15) is 66.7 Å². The summed E-state index contributed by atoms with van der Waals surface area (Å²) in [5, 5.41) is 3.70. The van der Waals surface area contributed by atoms with Gasteiger partial charge in [-0.3, -0.25) is 0 Å². The first-order chi connectivity index (χ1) is 7.01. The van der Waals surface area contributed by atoms with Crippen LogP contribution in [0.15, 0.2) is 0 Å². The summed E-state index contributed by atoms with van der Waals surface area (Å²) < 4.78 is 0. The zero-order chi connectivity index (χ0) is 11.9. The van der Waals surface area contributed by atoms with Gasteiger partial charge >= 0.3 is 0 Å². The molecule has 0 aromatic carbocycles. The van der Waals surface area contributed by atoms with E-state index in [1.54, 1.807) is 0 Å². The molecule has 0 aliphatic carbocycles. The van der Waals surface area contributed by atoms with Crippen molar-refractivity contribution in [3.05, 3.63) is 0 Å². The van der Waals surface area contributed by atoms with Crippen LogP contribution < -0.4 is 11.1 Å². The van der Waals surface area contributed by atoms with Crippen LogP contribution in [0, 0.1) is 0 Å². The van der Waals surface area contributed by atoms with Crippen molar-refractivity contribution in [3.8, 4) is 0 Å². The predicted molar refractivity (Wildman–Crippen MR) is 69.1 cm³/mol. The fourth-order valence-electron chi connectivity index (χ4n) is 1.99. The van der Waals surface area contributed by atoms with Gasteiger partial charge in [0.25, 0.3) is 0 Å². The molecule has 0 amide bonds. The number of hydrogen-bond acceptors (Lipinski definition) is 2. The van der Waals surface area contributed by atoms with Crippen LogP contribution in [-0.2, 0) is 0 Å². The summed E-state index contributed by atoms with van der Waals surface area (Å²) in [6.07, 6.45) is 5.64. The molecule has 0 unspecified atom stereocenters. The van der Waals surface area contributed by atoms with E-state index in [2.05, 4.69) is 39.9 Å². The topological polar surface area (TPSA) is 38.0 Å². The predicted octanol–water partition coefficient (Wildman–Crippen LogP) is 3.06. The van der Waals surface area contributed by atoms with Crippen molar-refractivity contribution in [2.45, 2.75) is 77.8 Å². The fraction of sp³-hybridized carbons (Fsp3) is 1.00. The molecule has 0 aromatic rings. The molecule has 92 valence electrons. The van der Waals surface area contributed by atoms with Crippen molar-refractivity contribution in [3.63, 3.8) is 0 Å². The van der Waals surface area contributed by atoms with E-state index in [-0.39, 0.29) is 5.54 Å². The minimum Gasteiger partial charge on any atom is -0.324 e. The number of nitrogens with one attached hydrogen (secondary N) is 1. The van der Waals surface area contributed by atoms with Crippen LogP contribution >= 0.6 is 0 Å². The summed E-state index contributed by atoms with van der Waals surface area (Å²) in [4.78, 5) is 0. The van der Waals surface area contributed by atoms with E-state index in [1.165, 1.54) is 19.3 Å². The largest absolute Gasteiger partial charge is 0.324 e. The smallest absolute Gasteiger partial charge is 0.0275 e. The van der Waals surface area contributed by atoms with Gasteiger partial charge < -0.3 is 11.1 Å². The maximum absolute atomic E-state index is 6.31. The molecule has 0 fully saturated rings. The molecule has 2 heteroatoms. The summed E-state index contributed by atoms with van der Waals surface area (Å²) in [7, 11) is 0. The van der Waals surface area contributed by atoms with Gasteiger partial charge in [-0.15, -0.1) is 0 Å². The molecule has 0 aliphatic heterocycles. The van der Waals surface area contributed by atoms with Crippen LogP contribution in [0.4, 0.5) is 0 Å². The second-order valence-corrected chi connectivity index (χ2v) is 4.76. The Balaban J connectivity index is 4.32. The molecule has 0 aliphatic rings. The monoisotopic (exact) mass is 214 g/mol. The molecule has 0 atom stereocenters. The summed E-state index contributed by atoms with van der Waals surface area (Å²) in [6.45, 7) is 12.1. The Hall–Kier alpha value is -0.0800. The lowest BCUT2D eigenvalue weighted by atomic mass is 9.87. The zero-order valence-corrected chi connectivity index (χ0v) is 11.3. The average Bonchev–Trinajstić information content (AvgIpc) is 2.31. The Morgan fingerprint density at radius 3 is 1.47 bits per heavy atom. The number of nitrogens with two attached hydrogens (primary N) is 1. The van der Waals surface area contributed by atoms with Gasteiger partial charge in [0, 0.05) is 17.6 Å². The highest BCUT2D eigenvalue weighted by Crippen LogP contribution is 2.21. The van der Waals surface area contributed by atoms with Gasteiger partial charge in [-0.25, -0.2) is 0 Å². The van der Waals surface area contributed by atoms with E-state index in [4.69, 9.17) is 5.73 Å². The maximum atomic E-state index is 6.31. The third kappa shape index (κ3) is 4.12. The lowest BCUT2D eigenvalue weighted by molar-refractivity contribution is 0.247. The molecule has 0 spiro atoms. The molecule has 0 saturated heterocycles. The molecular weight excluding hydrogens is 184 g/mol. The molecule has 0 aromatic heterocycles. The van der Waals surface area contributed by atoms with Crippen molar-refractivity contribution in [2.75, 3.05) is 6.54 Å². The van der Waals surface area contributed by atoms with E-state index in [0.717, 1.165) is 19.4 Å². The highest BCUT2D eigenvalue weighted by Gasteiger charge is 2.27. The first-order valence-corrected chi connectivity index (χ1v) is 6.55. The van der Waals surface area contributed by atoms with Crippen LogP contribution in [0.5, 0.6) is 0 Å². The molecule has 0 saturated carbocycles. The minimum absolute atomic E-state index is 0.0231. The second-order valence-electron chi connectivity index (χ2n) is 4.76. The lowest BCUT2D eigenvalue weighted by Gasteiger charge is -2.37. The molecular formula is C13H30N2. The van der Waals surface area contributed by atoms with Gasteiger partial charge in [-0.05, 0) is 32.1 Å². The summed E-state index contributed by atoms with van der Waals surface area (Å²) in [5.74, 6) is 0. The van der Waals surface area contributed by atoms with Crippen molar-refractivity contribution >= 4 is 0 Å². The normalized spacial score (nSPS) is 13.2. The molecule has 0 radical (unpaired) electrons. The average molecular weight is 214 g/mol. The quantitative estimate of drug-likeness (QED) is 0.651. The zero-order valence-electron chi connectivity index (χ0n) is 11.3. The third-order valence-corrected chi connectivity index (χ3v) is 4.25. The van der Waals surface area contributed by atoms with Crippen molar-refractivity contribution in [1.82, 2.24) is 5.32 Å². The standard InChI is InChI=1S/C13H30N2/c1-6-12(14,7-2)11-15-13(8-3,9-4)10-5/h15H,6-11,14H2,1-5H3. The summed E-state index contributed by atoms with van der Waals surface area (Å²) in [6, 6.07) is 0. The Kier molecular flexibility index (Phi) is 6.46. The van der Waals surface area contributed by atoms with Gasteiger partial charge in [0.2, 0.25) is 0 Å². The molecule has 15 heavy (non-hydrogen) atoms. The van der Waals surface area contributed by atoms with Gasteiger partial charge in [0.15, 0.2) is 0 Å².